The first-order valence-electron chi connectivity index (χ1n) is 19.0. The van der Waals surface area contributed by atoms with Gasteiger partial charge >= 0.3 is 0 Å². The highest BCUT2D eigenvalue weighted by atomic mass is 14.7. The molecule has 55 heavy (non-hydrogen) atoms. The standard InChI is InChI=1S/C53H32N2/c1-2-15-36-33(13-1)27-29-46-51(36)43-28-26-34(31-47(43)53(46)44-22-9-7-16-37(44)38-17-8-10-23-45(38)53)50-39-18-3-5-20-41(39)52(42-21-6-4-19-40(42)50)49-25-11-24-48(55-49)35-14-12-30-54-32-35/h1-32H. The van der Waals surface area contributed by atoms with Crippen molar-refractivity contribution in [2.75, 3.05) is 0 Å². The Labute approximate surface area is 319 Å². The summed E-state index contributed by atoms with van der Waals surface area (Å²) in [4.78, 5) is 9.63. The van der Waals surface area contributed by atoms with Crippen molar-refractivity contribution in [2.45, 2.75) is 5.41 Å². The lowest BCUT2D eigenvalue weighted by Gasteiger charge is -2.31. The number of benzene rings is 8. The topological polar surface area (TPSA) is 25.8 Å². The molecular weight excluding hydrogens is 665 g/mol. The Bertz CT molecular complexity index is 3110. The first-order chi connectivity index (χ1) is 27.3. The molecule has 8 aromatic carbocycles. The minimum Gasteiger partial charge on any atom is -0.264 e. The fraction of sp³-hybridized carbons (Fsp3) is 0.0189. The number of aromatic nitrogens is 2. The normalized spacial score (nSPS) is 13.2. The van der Waals surface area contributed by atoms with E-state index in [1.54, 1.807) is 6.20 Å². The molecule has 0 N–H and O–H groups in total. The Morgan fingerprint density at radius 3 is 1.65 bits per heavy atom. The van der Waals surface area contributed by atoms with Gasteiger partial charge in [-0.3, -0.25) is 4.98 Å². The van der Waals surface area contributed by atoms with Crippen molar-refractivity contribution in [3.05, 3.63) is 217 Å². The molecule has 2 aromatic heterocycles. The minimum atomic E-state index is -0.444. The maximum absolute atomic E-state index is 5.26. The summed E-state index contributed by atoms with van der Waals surface area (Å²) in [6, 6.07) is 67.2. The molecule has 2 aliphatic rings. The van der Waals surface area contributed by atoms with Gasteiger partial charge in [-0.25, -0.2) is 4.98 Å². The summed E-state index contributed by atoms with van der Waals surface area (Å²) in [6.45, 7) is 0. The van der Waals surface area contributed by atoms with Crippen LogP contribution in [0.15, 0.2) is 194 Å². The number of hydrogen-bond donors (Lipinski definition) is 0. The van der Waals surface area contributed by atoms with Gasteiger partial charge in [0.05, 0.1) is 16.8 Å². The van der Waals surface area contributed by atoms with Crippen LogP contribution >= 0.6 is 0 Å². The molecule has 10 aromatic rings. The van der Waals surface area contributed by atoms with E-state index >= 15 is 0 Å². The minimum absolute atomic E-state index is 0.444. The molecule has 2 heteroatoms. The van der Waals surface area contributed by atoms with E-state index in [0.717, 1.165) is 22.5 Å². The molecule has 0 saturated heterocycles. The maximum atomic E-state index is 5.26. The van der Waals surface area contributed by atoms with Crippen LogP contribution in [0.3, 0.4) is 0 Å². The first kappa shape index (κ1) is 30.3. The Kier molecular flexibility index (Phi) is 6.29. The summed E-state index contributed by atoms with van der Waals surface area (Å²) in [5.41, 5.74) is 16.7. The van der Waals surface area contributed by atoms with E-state index in [1.807, 2.05) is 12.3 Å². The van der Waals surface area contributed by atoms with Crippen molar-refractivity contribution < 1.29 is 0 Å². The SMILES string of the molecule is c1cncc(-c2cccc(-c3c4ccccc4c(-c4ccc5c(c4)C4(c6ccccc6-c6ccccc64)c4ccc6ccccc6c4-5)c4ccccc34)n2)c1. The third-order valence-electron chi connectivity index (χ3n) is 12.2. The lowest BCUT2D eigenvalue weighted by molar-refractivity contribution is 0.795. The second-order valence-corrected chi connectivity index (χ2v) is 14.8. The van der Waals surface area contributed by atoms with Crippen LogP contribution in [0.25, 0.3) is 88.2 Å². The number of pyridine rings is 2. The maximum Gasteiger partial charge on any atom is 0.0725 e. The summed E-state index contributed by atoms with van der Waals surface area (Å²) in [5, 5.41) is 7.37. The zero-order valence-electron chi connectivity index (χ0n) is 29.9. The molecule has 0 unspecified atom stereocenters. The summed E-state index contributed by atoms with van der Waals surface area (Å²) in [6.07, 6.45) is 3.69. The van der Waals surface area contributed by atoms with Crippen LogP contribution in [-0.2, 0) is 5.41 Å². The monoisotopic (exact) mass is 696 g/mol. The van der Waals surface area contributed by atoms with Crippen LogP contribution < -0.4 is 0 Å². The molecule has 254 valence electrons. The number of fused-ring (bicyclic) bond motifs is 14. The summed E-state index contributed by atoms with van der Waals surface area (Å²) >= 11 is 0. The Morgan fingerprint density at radius 1 is 0.345 bits per heavy atom. The van der Waals surface area contributed by atoms with E-state index in [2.05, 4.69) is 181 Å². The molecule has 0 bridgehead atoms. The average molecular weight is 697 g/mol. The molecule has 1 spiro atoms. The third-order valence-corrected chi connectivity index (χ3v) is 12.2. The Hall–Kier alpha value is -7.16. The van der Waals surface area contributed by atoms with E-state index in [9.17, 15) is 0 Å². The predicted molar refractivity (Wildman–Crippen MR) is 227 cm³/mol. The van der Waals surface area contributed by atoms with Crippen molar-refractivity contribution in [1.29, 1.82) is 0 Å². The van der Waals surface area contributed by atoms with Crippen LogP contribution in [0.1, 0.15) is 22.3 Å². The molecule has 0 atom stereocenters. The van der Waals surface area contributed by atoms with Crippen LogP contribution in [0.4, 0.5) is 0 Å². The molecule has 0 saturated carbocycles. The summed E-state index contributed by atoms with van der Waals surface area (Å²) in [5.74, 6) is 0. The fourth-order valence-corrected chi connectivity index (χ4v) is 10.0. The van der Waals surface area contributed by atoms with Crippen molar-refractivity contribution >= 4 is 32.3 Å². The number of nitrogens with zero attached hydrogens (tertiary/aromatic N) is 2. The van der Waals surface area contributed by atoms with E-state index in [-0.39, 0.29) is 0 Å². The zero-order valence-corrected chi connectivity index (χ0v) is 29.9. The summed E-state index contributed by atoms with van der Waals surface area (Å²) in [7, 11) is 0. The van der Waals surface area contributed by atoms with E-state index in [0.29, 0.717) is 0 Å². The van der Waals surface area contributed by atoms with Crippen LogP contribution in [0.2, 0.25) is 0 Å². The van der Waals surface area contributed by atoms with E-state index < -0.39 is 5.41 Å². The van der Waals surface area contributed by atoms with Crippen molar-refractivity contribution in [3.8, 4) is 55.9 Å². The second-order valence-electron chi connectivity index (χ2n) is 14.8. The highest BCUT2D eigenvalue weighted by molar-refractivity contribution is 6.21. The largest absolute Gasteiger partial charge is 0.264 e. The van der Waals surface area contributed by atoms with Gasteiger partial charge in [0, 0.05) is 23.5 Å². The molecular formula is C53H32N2. The Balaban J connectivity index is 1.17. The van der Waals surface area contributed by atoms with Gasteiger partial charge in [0.1, 0.15) is 0 Å². The number of rotatable bonds is 3. The van der Waals surface area contributed by atoms with Crippen molar-refractivity contribution in [3.63, 3.8) is 0 Å². The highest BCUT2D eigenvalue weighted by Gasteiger charge is 2.52. The molecule has 0 aliphatic heterocycles. The molecule has 0 fully saturated rings. The predicted octanol–water partition coefficient (Wildman–Crippen LogP) is 13.3. The van der Waals surface area contributed by atoms with Gasteiger partial charge in [0.2, 0.25) is 0 Å². The van der Waals surface area contributed by atoms with Gasteiger partial charge in [-0.1, -0.05) is 152 Å². The first-order valence-corrected chi connectivity index (χ1v) is 19.0. The molecule has 0 radical (unpaired) electrons. The summed E-state index contributed by atoms with van der Waals surface area (Å²) < 4.78 is 0. The highest BCUT2D eigenvalue weighted by Crippen LogP contribution is 2.64. The van der Waals surface area contributed by atoms with Gasteiger partial charge in [-0.05, 0) is 118 Å². The second kappa shape index (κ2) is 11.4. The zero-order chi connectivity index (χ0) is 36.1. The molecule has 0 amide bonds. The van der Waals surface area contributed by atoms with Crippen LogP contribution in [-0.4, -0.2) is 9.97 Å². The molecule has 2 heterocycles. The van der Waals surface area contributed by atoms with Crippen molar-refractivity contribution in [1.82, 2.24) is 9.97 Å². The van der Waals surface area contributed by atoms with Gasteiger partial charge in [-0.2, -0.15) is 0 Å². The molecule has 12 rings (SSSR count). The lowest BCUT2D eigenvalue weighted by atomic mass is 9.70. The average Bonchev–Trinajstić information content (AvgIpc) is 3.73. The van der Waals surface area contributed by atoms with Crippen molar-refractivity contribution in [2.24, 2.45) is 0 Å². The Morgan fingerprint density at radius 2 is 0.964 bits per heavy atom. The number of hydrogen-bond acceptors (Lipinski definition) is 2. The van der Waals surface area contributed by atoms with Gasteiger partial charge in [0.25, 0.3) is 0 Å². The van der Waals surface area contributed by atoms with E-state index in [4.69, 9.17) is 4.98 Å². The third kappa shape index (κ3) is 4.08. The van der Waals surface area contributed by atoms with Gasteiger partial charge in [0.15, 0.2) is 0 Å². The van der Waals surface area contributed by atoms with Crippen LogP contribution in [0.5, 0.6) is 0 Å². The molecule has 2 aliphatic carbocycles. The quantitative estimate of drug-likeness (QED) is 0.172. The van der Waals surface area contributed by atoms with E-state index in [1.165, 1.54) is 88.0 Å². The molecule has 2 nitrogen and oxygen atoms in total. The van der Waals surface area contributed by atoms with Gasteiger partial charge < -0.3 is 0 Å². The van der Waals surface area contributed by atoms with Crippen LogP contribution in [0, 0.1) is 0 Å². The van der Waals surface area contributed by atoms with Gasteiger partial charge in [-0.15, -0.1) is 0 Å². The smallest absolute Gasteiger partial charge is 0.0725 e. The fourth-order valence-electron chi connectivity index (χ4n) is 10.0. The lowest BCUT2D eigenvalue weighted by Crippen LogP contribution is -2.25.